The Bertz CT molecular complexity index is 470. The summed E-state index contributed by atoms with van der Waals surface area (Å²) >= 11 is 0. The molecule has 7 heteroatoms. The van der Waals surface area contributed by atoms with E-state index in [0.29, 0.717) is 0 Å². The van der Waals surface area contributed by atoms with Crippen LogP contribution in [0.5, 0.6) is 5.88 Å². The van der Waals surface area contributed by atoms with Gasteiger partial charge in [0.25, 0.3) is 12.0 Å². The average Bonchev–Trinajstić information content (AvgIpc) is 2.21. The maximum Gasteiger partial charge on any atom is 0.310 e. The molecular weight excluding hydrogens is 236 g/mol. The summed E-state index contributed by atoms with van der Waals surface area (Å²) in [5, 5.41) is 9.31. The van der Waals surface area contributed by atoms with Crippen LogP contribution in [0.4, 0.5) is 8.78 Å². The van der Waals surface area contributed by atoms with Gasteiger partial charge in [0.15, 0.2) is 5.88 Å². The summed E-state index contributed by atoms with van der Waals surface area (Å²) in [7, 11) is 0. The zero-order valence-electron chi connectivity index (χ0n) is 9.00. The fourth-order valence-electron chi connectivity index (χ4n) is 1.25. The molecule has 1 rings (SSSR count). The van der Waals surface area contributed by atoms with Gasteiger partial charge in [0.1, 0.15) is 0 Å². The molecule has 0 bridgehead atoms. The van der Waals surface area contributed by atoms with Gasteiger partial charge in [-0.2, -0.15) is 0 Å². The van der Waals surface area contributed by atoms with Crippen molar-refractivity contribution in [1.29, 1.82) is 0 Å². The van der Waals surface area contributed by atoms with E-state index in [4.69, 9.17) is 0 Å². The molecule has 0 aliphatic heterocycles. The summed E-state index contributed by atoms with van der Waals surface area (Å²) in [4.78, 5) is 24.0. The Morgan fingerprint density at radius 1 is 1.59 bits per heavy atom. The van der Waals surface area contributed by atoms with Gasteiger partial charge in [-0.05, 0) is 13.0 Å². The van der Waals surface area contributed by atoms with Crippen LogP contribution in [0, 0.1) is 0 Å². The van der Waals surface area contributed by atoms with Crippen molar-refractivity contribution in [2.75, 3.05) is 6.61 Å². The Morgan fingerprint density at radius 2 is 2.24 bits per heavy atom. The topological polar surface area (TPSA) is 79.4 Å². The van der Waals surface area contributed by atoms with E-state index < -0.39 is 29.4 Å². The fourth-order valence-corrected chi connectivity index (χ4v) is 1.25. The molecule has 1 aromatic rings. The lowest BCUT2D eigenvalue weighted by atomic mass is 10.1. The molecule has 17 heavy (non-hydrogen) atoms. The summed E-state index contributed by atoms with van der Waals surface area (Å²) in [5.41, 5.74) is -1.97. The first kappa shape index (κ1) is 13.1. The molecule has 0 saturated heterocycles. The van der Waals surface area contributed by atoms with Gasteiger partial charge >= 0.3 is 5.97 Å². The van der Waals surface area contributed by atoms with Gasteiger partial charge in [0.05, 0.1) is 18.6 Å². The number of hydrogen-bond donors (Lipinski definition) is 2. The summed E-state index contributed by atoms with van der Waals surface area (Å²) in [6.07, 6.45) is -3.35. The second-order valence-corrected chi connectivity index (χ2v) is 3.21. The van der Waals surface area contributed by atoms with Gasteiger partial charge in [-0.3, -0.25) is 14.6 Å². The zero-order valence-corrected chi connectivity index (χ0v) is 9.00. The van der Waals surface area contributed by atoms with Crippen molar-refractivity contribution in [2.24, 2.45) is 0 Å². The molecule has 0 radical (unpaired) electrons. The third-order valence-electron chi connectivity index (χ3n) is 2.00. The van der Waals surface area contributed by atoms with Crippen LogP contribution in [-0.4, -0.2) is 22.7 Å². The molecule has 0 saturated carbocycles. The predicted molar refractivity (Wildman–Crippen MR) is 54.0 cm³/mol. The SMILES string of the molecule is CCOC(=O)Cc1cc(C(F)F)c(=O)[nH]c1O. The highest BCUT2D eigenvalue weighted by Gasteiger charge is 2.17. The molecule has 94 valence electrons. The van der Waals surface area contributed by atoms with Crippen LogP contribution in [0.2, 0.25) is 0 Å². The molecule has 1 heterocycles. The van der Waals surface area contributed by atoms with Crippen molar-refractivity contribution >= 4 is 5.97 Å². The van der Waals surface area contributed by atoms with E-state index in [1.807, 2.05) is 4.98 Å². The minimum atomic E-state index is -2.97. The number of carbonyl (C=O) groups is 1. The van der Waals surface area contributed by atoms with Crippen molar-refractivity contribution in [3.63, 3.8) is 0 Å². The number of H-pyrrole nitrogens is 1. The predicted octanol–water partition coefficient (Wildman–Crippen LogP) is 1.12. The van der Waals surface area contributed by atoms with E-state index in [0.717, 1.165) is 6.07 Å². The number of aromatic amines is 1. The Balaban J connectivity index is 3.04. The Kier molecular flexibility index (Phi) is 4.19. The number of esters is 1. The number of hydrogen-bond acceptors (Lipinski definition) is 4. The first-order chi connectivity index (χ1) is 7.95. The maximum atomic E-state index is 12.4. The number of nitrogens with one attached hydrogen (secondary N) is 1. The second kappa shape index (κ2) is 5.42. The third-order valence-corrected chi connectivity index (χ3v) is 2.00. The van der Waals surface area contributed by atoms with E-state index >= 15 is 0 Å². The number of halogens is 2. The van der Waals surface area contributed by atoms with Gasteiger partial charge < -0.3 is 9.84 Å². The summed E-state index contributed by atoms with van der Waals surface area (Å²) in [6.45, 7) is 1.74. The zero-order chi connectivity index (χ0) is 13.0. The summed E-state index contributed by atoms with van der Waals surface area (Å²) < 4.78 is 29.4. The molecule has 5 nitrogen and oxygen atoms in total. The first-order valence-corrected chi connectivity index (χ1v) is 4.84. The minimum Gasteiger partial charge on any atom is -0.494 e. The van der Waals surface area contributed by atoms with Crippen molar-refractivity contribution in [3.05, 3.63) is 27.5 Å². The third kappa shape index (κ3) is 3.27. The number of carbonyl (C=O) groups excluding carboxylic acids is 1. The largest absolute Gasteiger partial charge is 0.494 e. The highest BCUT2D eigenvalue weighted by Crippen LogP contribution is 2.20. The van der Waals surface area contributed by atoms with E-state index in [1.165, 1.54) is 0 Å². The normalized spacial score (nSPS) is 10.6. The lowest BCUT2D eigenvalue weighted by molar-refractivity contribution is -0.142. The summed E-state index contributed by atoms with van der Waals surface area (Å²) in [6, 6.07) is 0.801. The van der Waals surface area contributed by atoms with Gasteiger partial charge in [-0.25, -0.2) is 8.78 Å². The second-order valence-electron chi connectivity index (χ2n) is 3.21. The van der Waals surface area contributed by atoms with E-state index in [1.54, 1.807) is 6.92 Å². The number of ether oxygens (including phenoxy) is 1. The lowest BCUT2D eigenvalue weighted by Gasteiger charge is -2.06. The molecule has 0 amide bonds. The van der Waals surface area contributed by atoms with Gasteiger partial charge in [0, 0.05) is 5.56 Å². The average molecular weight is 247 g/mol. The van der Waals surface area contributed by atoms with Crippen LogP contribution in [0.1, 0.15) is 24.5 Å². The van der Waals surface area contributed by atoms with Crippen LogP contribution in [0.15, 0.2) is 10.9 Å². The van der Waals surface area contributed by atoms with Crippen LogP contribution < -0.4 is 5.56 Å². The molecular formula is C10H11F2NO4. The van der Waals surface area contributed by atoms with E-state index in [9.17, 15) is 23.5 Å². The van der Waals surface area contributed by atoms with Crippen molar-refractivity contribution in [3.8, 4) is 5.88 Å². The first-order valence-electron chi connectivity index (χ1n) is 4.84. The van der Waals surface area contributed by atoms with Crippen LogP contribution >= 0.6 is 0 Å². The monoisotopic (exact) mass is 247 g/mol. The molecule has 0 atom stereocenters. The molecule has 0 aliphatic carbocycles. The van der Waals surface area contributed by atoms with Crippen molar-refractivity contribution in [2.45, 2.75) is 19.8 Å². The van der Waals surface area contributed by atoms with Crippen LogP contribution in [-0.2, 0) is 16.0 Å². The van der Waals surface area contributed by atoms with E-state index in [2.05, 4.69) is 4.74 Å². The van der Waals surface area contributed by atoms with Crippen molar-refractivity contribution in [1.82, 2.24) is 4.98 Å². The molecule has 2 N–H and O–H groups in total. The molecule has 0 unspecified atom stereocenters. The Labute approximate surface area is 95.0 Å². The van der Waals surface area contributed by atoms with Crippen LogP contribution in [0.25, 0.3) is 0 Å². The quantitative estimate of drug-likeness (QED) is 0.781. The van der Waals surface area contributed by atoms with Gasteiger partial charge in [-0.15, -0.1) is 0 Å². The number of alkyl halides is 2. The fraction of sp³-hybridized carbons (Fsp3) is 0.400. The minimum absolute atomic E-state index is 0.0987. The standard InChI is InChI=1S/C10H11F2NO4/c1-2-17-7(14)4-5-3-6(8(11)12)10(16)13-9(5)15/h3,8H,2,4H2,1H3,(H2,13,15,16). The number of rotatable bonds is 4. The highest BCUT2D eigenvalue weighted by molar-refractivity contribution is 5.73. The number of aromatic hydroxyl groups is 1. The Morgan fingerprint density at radius 3 is 2.76 bits per heavy atom. The lowest BCUT2D eigenvalue weighted by Crippen LogP contribution is -2.16. The molecule has 0 aromatic carbocycles. The van der Waals surface area contributed by atoms with Gasteiger partial charge in [0.2, 0.25) is 0 Å². The maximum absolute atomic E-state index is 12.4. The molecule has 1 aromatic heterocycles. The Hall–Kier alpha value is -1.92. The summed E-state index contributed by atoms with van der Waals surface area (Å²) in [5.74, 6) is -1.28. The van der Waals surface area contributed by atoms with Crippen molar-refractivity contribution < 1.29 is 23.4 Å². The highest BCUT2D eigenvalue weighted by atomic mass is 19.3. The van der Waals surface area contributed by atoms with E-state index in [-0.39, 0.29) is 18.6 Å². The number of aromatic nitrogens is 1. The van der Waals surface area contributed by atoms with Gasteiger partial charge in [-0.1, -0.05) is 0 Å². The molecule has 0 aliphatic rings. The number of pyridine rings is 1. The van der Waals surface area contributed by atoms with Crippen LogP contribution in [0.3, 0.4) is 0 Å². The molecule has 0 spiro atoms. The molecule has 0 fully saturated rings. The smallest absolute Gasteiger partial charge is 0.310 e.